The summed E-state index contributed by atoms with van der Waals surface area (Å²) in [4.78, 5) is 14.7. The van der Waals surface area contributed by atoms with Crippen LogP contribution in [0.25, 0.3) is 0 Å². The van der Waals surface area contributed by atoms with Crippen LogP contribution in [0.3, 0.4) is 0 Å². The van der Waals surface area contributed by atoms with Crippen LogP contribution in [0.15, 0.2) is 24.3 Å². The van der Waals surface area contributed by atoms with Gasteiger partial charge in [-0.1, -0.05) is 18.2 Å². The van der Waals surface area contributed by atoms with Crippen molar-refractivity contribution in [3.05, 3.63) is 29.8 Å². The van der Waals surface area contributed by atoms with Crippen LogP contribution in [-0.2, 0) is 16.0 Å². The average molecular weight is 332 g/mol. The van der Waals surface area contributed by atoms with Gasteiger partial charge in [0.15, 0.2) is 0 Å². The van der Waals surface area contributed by atoms with Crippen LogP contribution in [0.2, 0.25) is 0 Å². The van der Waals surface area contributed by atoms with Gasteiger partial charge in [0, 0.05) is 19.6 Å². The van der Waals surface area contributed by atoms with E-state index in [9.17, 15) is 4.79 Å². The Kier molecular flexibility index (Phi) is 5.74. The molecule has 5 heteroatoms. The number of para-hydroxylation sites is 1. The molecule has 2 heterocycles. The number of likely N-dealkylation sites (tertiary alicyclic amines) is 1. The van der Waals surface area contributed by atoms with Gasteiger partial charge in [-0.15, -0.1) is 0 Å². The number of methoxy groups -OCH3 is 1. The van der Waals surface area contributed by atoms with Gasteiger partial charge in [-0.05, 0) is 43.7 Å². The number of nitrogens with zero attached hydrogens (tertiary/aromatic N) is 1. The Balaban J connectivity index is 1.53. The van der Waals surface area contributed by atoms with E-state index in [2.05, 4.69) is 17.4 Å². The number of benzene rings is 1. The van der Waals surface area contributed by atoms with E-state index in [4.69, 9.17) is 9.47 Å². The monoisotopic (exact) mass is 332 g/mol. The van der Waals surface area contributed by atoms with Gasteiger partial charge in [-0.3, -0.25) is 4.79 Å². The molecule has 2 fully saturated rings. The first kappa shape index (κ1) is 17.2. The summed E-state index contributed by atoms with van der Waals surface area (Å²) in [5, 5.41) is 3.30. The number of carbonyl (C=O) groups excluding carboxylic acids is 1. The minimum absolute atomic E-state index is 0.0439. The number of hydrogen-bond donors (Lipinski definition) is 1. The zero-order valence-corrected chi connectivity index (χ0v) is 14.7. The number of morpholine rings is 1. The van der Waals surface area contributed by atoms with Crippen molar-refractivity contribution in [2.45, 2.75) is 38.3 Å². The van der Waals surface area contributed by atoms with Gasteiger partial charge in [-0.25, -0.2) is 0 Å². The smallest absolute Gasteiger partial charge is 0.242 e. The highest BCUT2D eigenvalue weighted by atomic mass is 16.5. The Labute approximate surface area is 144 Å². The number of carbonyl (C=O) groups is 1. The lowest BCUT2D eigenvalue weighted by Gasteiger charge is -2.37. The van der Waals surface area contributed by atoms with Gasteiger partial charge in [0.05, 0.1) is 19.8 Å². The van der Waals surface area contributed by atoms with E-state index in [1.165, 1.54) is 5.56 Å². The van der Waals surface area contributed by atoms with Crippen LogP contribution >= 0.6 is 0 Å². The fourth-order valence-electron chi connectivity index (χ4n) is 3.75. The molecular formula is C19H28N2O3. The normalized spacial score (nSPS) is 25.5. The number of amides is 1. The summed E-state index contributed by atoms with van der Waals surface area (Å²) < 4.78 is 11.1. The number of rotatable bonds is 4. The topological polar surface area (TPSA) is 50.8 Å². The molecule has 132 valence electrons. The number of nitrogens with one attached hydrogen (secondary N) is 1. The van der Waals surface area contributed by atoms with Crippen LogP contribution in [0.4, 0.5) is 0 Å². The Morgan fingerprint density at radius 1 is 1.33 bits per heavy atom. The predicted octanol–water partition coefficient (Wildman–Crippen LogP) is 1.85. The van der Waals surface area contributed by atoms with Gasteiger partial charge >= 0.3 is 0 Å². The number of hydrogen-bond acceptors (Lipinski definition) is 4. The van der Waals surface area contributed by atoms with Crippen LogP contribution in [-0.4, -0.2) is 56.3 Å². The van der Waals surface area contributed by atoms with Crippen molar-refractivity contribution in [2.24, 2.45) is 5.92 Å². The quantitative estimate of drug-likeness (QED) is 0.914. The summed E-state index contributed by atoms with van der Waals surface area (Å²) in [6.07, 6.45) is 3.07. The molecule has 0 spiro atoms. The maximum absolute atomic E-state index is 12.7. The van der Waals surface area contributed by atoms with Crippen molar-refractivity contribution >= 4 is 5.91 Å². The van der Waals surface area contributed by atoms with E-state index in [0.29, 0.717) is 12.5 Å². The highest BCUT2D eigenvalue weighted by molar-refractivity contribution is 5.82. The number of ether oxygens (including phenoxy) is 2. The third-order valence-electron chi connectivity index (χ3n) is 5.21. The summed E-state index contributed by atoms with van der Waals surface area (Å²) in [5.74, 6) is 1.77. The van der Waals surface area contributed by atoms with Crippen molar-refractivity contribution in [1.29, 1.82) is 0 Å². The highest BCUT2D eigenvalue weighted by Crippen LogP contribution is 2.27. The first-order chi connectivity index (χ1) is 11.7. The van der Waals surface area contributed by atoms with Gasteiger partial charge < -0.3 is 19.7 Å². The minimum Gasteiger partial charge on any atom is -0.496 e. The van der Waals surface area contributed by atoms with Crippen molar-refractivity contribution in [1.82, 2.24) is 10.2 Å². The number of piperidine rings is 1. The predicted molar refractivity (Wildman–Crippen MR) is 93.2 cm³/mol. The standard InChI is InChI=1S/C19H28N2O3/c1-14-18(20-9-12-24-14)19(22)21-10-7-15(8-11-21)13-16-5-3-4-6-17(16)23-2/h3-6,14-15,18,20H,7-13H2,1-2H3/t14-,18+/m1/s1. The van der Waals surface area contributed by atoms with Crippen molar-refractivity contribution in [3.8, 4) is 5.75 Å². The molecule has 24 heavy (non-hydrogen) atoms. The maximum Gasteiger partial charge on any atom is 0.242 e. The van der Waals surface area contributed by atoms with E-state index < -0.39 is 0 Å². The second-order valence-electron chi connectivity index (χ2n) is 6.79. The van der Waals surface area contributed by atoms with Gasteiger partial charge in [-0.2, -0.15) is 0 Å². The molecule has 5 nitrogen and oxygen atoms in total. The average Bonchev–Trinajstić information content (AvgIpc) is 2.63. The summed E-state index contributed by atoms with van der Waals surface area (Å²) in [6, 6.07) is 8.03. The zero-order valence-electron chi connectivity index (χ0n) is 14.7. The second kappa shape index (κ2) is 7.99. The molecule has 2 saturated heterocycles. The molecule has 2 aliphatic heterocycles. The molecule has 1 aromatic rings. The molecule has 0 bridgehead atoms. The van der Waals surface area contributed by atoms with Gasteiger partial charge in [0.1, 0.15) is 11.8 Å². The molecule has 1 N–H and O–H groups in total. The Hall–Kier alpha value is -1.59. The maximum atomic E-state index is 12.7. The molecular weight excluding hydrogens is 304 g/mol. The molecule has 1 aromatic carbocycles. The van der Waals surface area contributed by atoms with Crippen LogP contribution in [0, 0.1) is 5.92 Å². The molecule has 0 radical (unpaired) electrons. The molecule has 0 unspecified atom stereocenters. The summed E-state index contributed by atoms with van der Waals surface area (Å²) >= 11 is 0. The minimum atomic E-state index is -0.190. The van der Waals surface area contributed by atoms with Crippen LogP contribution < -0.4 is 10.1 Å². The third kappa shape index (κ3) is 3.90. The summed E-state index contributed by atoms with van der Waals surface area (Å²) in [6.45, 7) is 5.09. The van der Waals surface area contributed by atoms with E-state index in [1.807, 2.05) is 24.0 Å². The molecule has 0 aliphatic carbocycles. The first-order valence-corrected chi connectivity index (χ1v) is 8.94. The fourth-order valence-corrected chi connectivity index (χ4v) is 3.75. The highest BCUT2D eigenvalue weighted by Gasteiger charge is 2.33. The van der Waals surface area contributed by atoms with Gasteiger partial charge in [0.2, 0.25) is 5.91 Å². The van der Waals surface area contributed by atoms with E-state index in [1.54, 1.807) is 7.11 Å². The third-order valence-corrected chi connectivity index (χ3v) is 5.21. The Bertz CT molecular complexity index is 555. The lowest BCUT2D eigenvalue weighted by Crippen LogP contribution is -2.57. The Morgan fingerprint density at radius 3 is 2.79 bits per heavy atom. The summed E-state index contributed by atoms with van der Waals surface area (Å²) in [7, 11) is 1.72. The lowest BCUT2D eigenvalue weighted by molar-refractivity contribution is -0.140. The molecule has 3 rings (SSSR count). The zero-order chi connectivity index (χ0) is 16.9. The Morgan fingerprint density at radius 2 is 2.08 bits per heavy atom. The fraction of sp³-hybridized carbons (Fsp3) is 0.632. The summed E-state index contributed by atoms with van der Waals surface area (Å²) in [5.41, 5.74) is 1.26. The van der Waals surface area contributed by atoms with Crippen LogP contribution in [0.1, 0.15) is 25.3 Å². The van der Waals surface area contributed by atoms with E-state index >= 15 is 0 Å². The van der Waals surface area contributed by atoms with Gasteiger partial charge in [0.25, 0.3) is 0 Å². The molecule has 2 aliphatic rings. The molecule has 0 aromatic heterocycles. The second-order valence-corrected chi connectivity index (χ2v) is 6.79. The van der Waals surface area contributed by atoms with E-state index in [-0.39, 0.29) is 18.1 Å². The SMILES string of the molecule is COc1ccccc1CC1CCN(C(=O)[C@H]2NCCO[C@@H]2C)CC1. The largest absolute Gasteiger partial charge is 0.496 e. The van der Waals surface area contributed by atoms with Crippen molar-refractivity contribution in [2.75, 3.05) is 33.4 Å². The lowest BCUT2D eigenvalue weighted by atomic mass is 9.89. The van der Waals surface area contributed by atoms with Crippen molar-refractivity contribution < 1.29 is 14.3 Å². The van der Waals surface area contributed by atoms with Crippen LogP contribution in [0.5, 0.6) is 5.75 Å². The van der Waals surface area contributed by atoms with Crippen molar-refractivity contribution in [3.63, 3.8) is 0 Å². The van der Waals surface area contributed by atoms with E-state index in [0.717, 1.165) is 44.6 Å². The molecule has 1 amide bonds. The molecule has 0 saturated carbocycles. The molecule has 2 atom stereocenters. The first-order valence-electron chi connectivity index (χ1n) is 8.94.